The molecule has 1 aromatic heterocycles. The Morgan fingerprint density at radius 2 is 1.96 bits per heavy atom. The van der Waals surface area contributed by atoms with Gasteiger partial charge in [0, 0.05) is 15.9 Å². The monoisotopic (exact) mass is 331 g/mol. The van der Waals surface area contributed by atoms with E-state index in [0.29, 0.717) is 11.6 Å². The van der Waals surface area contributed by atoms with Gasteiger partial charge in [0.25, 0.3) is 0 Å². The molecule has 0 bridgehead atoms. The summed E-state index contributed by atoms with van der Waals surface area (Å²) in [7, 11) is 0. The molecule has 0 saturated heterocycles. The van der Waals surface area contributed by atoms with Crippen LogP contribution < -0.4 is 0 Å². The molecule has 3 aromatic rings. The van der Waals surface area contributed by atoms with Crippen LogP contribution in [0.2, 0.25) is 5.02 Å². The van der Waals surface area contributed by atoms with Crippen molar-refractivity contribution < 1.29 is 13.9 Å². The number of esters is 1. The molecule has 2 aromatic carbocycles. The first-order valence-electron chi connectivity index (χ1n) is 7.30. The highest BCUT2D eigenvalue weighted by molar-refractivity contribution is 6.31. The Balaban J connectivity index is 2.15. The predicted octanol–water partition coefficient (Wildman–Crippen LogP) is 4.73. The number of fused-ring (bicyclic) bond motifs is 1. The number of rotatable bonds is 4. The Morgan fingerprint density at radius 1 is 1.22 bits per heavy atom. The second-order valence-electron chi connectivity index (χ2n) is 5.16. The summed E-state index contributed by atoms with van der Waals surface area (Å²) in [6, 6.07) is 11.6. The standard InChI is InChI=1S/C18H15ClFNO2/c1-2-23-17(22)10-15-14-9-12(19)5-8-16(14)21-18(15)11-3-6-13(20)7-4-11/h3-9,21H,2,10H2,1H3. The van der Waals surface area contributed by atoms with Crippen LogP contribution >= 0.6 is 11.6 Å². The van der Waals surface area contributed by atoms with E-state index in [1.807, 2.05) is 12.1 Å². The minimum absolute atomic E-state index is 0.126. The maximum Gasteiger partial charge on any atom is 0.310 e. The van der Waals surface area contributed by atoms with E-state index in [0.717, 1.165) is 27.7 Å². The fraction of sp³-hybridized carbons (Fsp3) is 0.167. The molecule has 3 nitrogen and oxygen atoms in total. The molecule has 3 rings (SSSR count). The van der Waals surface area contributed by atoms with E-state index in [-0.39, 0.29) is 18.2 Å². The van der Waals surface area contributed by atoms with E-state index in [1.54, 1.807) is 25.1 Å². The molecule has 118 valence electrons. The fourth-order valence-electron chi connectivity index (χ4n) is 2.62. The van der Waals surface area contributed by atoms with E-state index >= 15 is 0 Å². The maximum absolute atomic E-state index is 13.2. The second kappa shape index (κ2) is 6.42. The number of nitrogens with one attached hydrogen (secondary N) is 1. The summed E-state index contributed by atoms with van der Waals surface area (Å²) in [5.74, 6) is -0.614. The Morgan fingerprint density at radius 3 is 2.65 bits per heavy atom. The van der Waals surface area contributed by atoms with Crippen molar-refractivity contribution in [3.05, 3.63) is 58.9 Å². The smallest absolute Gasteiger partial charge is 0.310 e. The van der Waals surface area contributed by atoms with Gasteiger partial charge < -0.3 is 9.72 Å². The number of benzene rings is 2. The molecular formula is C18H15ClFNO2. The third-order valence-corrected chi connectivity index (χ3v) is 3.86. The van der Waals surface area contributed by atoms with E-state index in [1.165, 1.54) is 12.1 Å². The first-order chi connectivity index (χ1) is 11.1. The molecule has 5 heteroatoms. The number of hydrogen-bond donors (Lipinski definition) is 1. The molecule has 0 aliphatic rings. The molecular weight excluding hydrogens is 317 g/mol. The van der Waals surface area contributed by atoms with Gasteiger partial charge in [-0.15, -0.1) is 0 Å². The number of carbonyl (C=O) groups excluding carboxylic acids is 1. The van der Waals surface area contributed by atoms with E-state index < -0.39 is 0 Å². The van der Waals surface area contributed by atoms with Crippen LogP contribution in [0.1, 0.15) is 12.5 Å². The van der Waals surface area contributed by atoms with Gasteiger partial charge in [-0.05, 0) is 60.5 Å². The van der Waals surface area contributed by atoms with Gasteiger partial charge in [0.05, 0.1) is 18.7 Å². The summed E-state index contributed by atoms with van der Waals surface area (Å²) in [4.78, 5) is 15.2. The van der Waals surface area contributed by atoms with Crippen molar-refractivity contribution in [2.24, 2.45) is 0 Å². The topological polar surface area (TPSA) is 42.1 Å². The molecule has 0 amide bonds. The quantitative estimate of drug-likeness (QED) is 0.702. The van der Waals surface area contributed by atoms with E-state index in [2.05, 4.69) is 4.98 Å². The first-order valence-corrected chi connectivity index (χ1v) is 7.68. The number of halogens is 2. The lowest BCUT2D eigenvalue weighted by atomic mass is 10.0. The zero-order chi connectivity index (χ0) is 16.4. The minimum Gasteiger partial charge on any atom is -0.466 e. The number of aromatic nitrogens is 1. The molecule has 23 heavy (non-hydrogen) atoms. The van der Waals surface area contributed by atoms with Crippen LogP contribution in [-0.2, 0) is 16.0 Å². The second-order valence-corrected chi connectivity index (χ2v) is 5.59. The predicted molar refractivity (Wildman–Crippen MR) is 89.0 cm³/mol. The Hall–Kier alpha value is -2.33. The molecule has 0 spiro atoms. The summed E-state index contributed by atoms with van der Waals surface area (Å²) in [5.41, 5.74) is 3.24. The molecule has 0 fully saturated rings. The first kappa shape index (κ1) is 15.6. The average Bonchev–Trinajstić information content (AvgIpc) is 2.86. The van der Waals surface area contributed by atoms with Crippen molar-refractivity contribution >= 4 is 28.5 Å². The lowest BCUT2D eigenvalue weighted by Crippen LogP contribution is -2.08. The highest BCUT2D eigenvalue weighted by Gasteiger charge is 2.17. The zero-order valence-corrected chi connectivity index (χ0v) is 13.3. The van der Waals surface area contributed by atoms with Crippen molar-refractivity contribution in [2.75, 3.05) is 6.61 Å². The van der Waals surface area contributed by atoms with E-state index in [4.69, 9.17) is 16.3 Å². The summed E-state index contributed by atoms with van der Waals surface area (Å²) in [6.07, 6.45) is 0.126. The van der Waals surface area contributed by atoms with Gasteiger partial charge in [0.2, 0.25) is 0 Å². The molecule has 0 unspecified atom stereocenters. The van der Waals surface area contributed by atoms with Crippen molar-refractivity contribution in [1.29, 1.82) is 0 Å². The molecule has 0 aliphatic heterocycles. The number of aromatic amines is 1. The van der Waals surface area contributed by atoms with Gasteiger partial charge in [-0.2, -0.15) is 0 Å². The summed E-state index contributed by atoms with van der Waals surface area (Å²) in [5, 5.41) is 1.46. The number of H-pyrrole nitrogens is 1. The third-order valence-electron chi connectivity index (χ3n) is 3.63. The van der Waals surface area contributed by atoms with Crippen LogP contribution in [0, 0.1) is 5.82 Å². The molecule has 1 heterocycles. The van der Waals surface area contributed by atoms with Crippen LogP contribution in [0.15, 0.2) is 42.5 Å². The minimum atomic E-state index is -0.309. The molecule has 0 aliphatic carbocycles. The Labute approximate surface area is 138 Å². The number of carbonyl (C=O) groups is 1. The number of hydrogen-bond acceptors (Lipinski definition) is 2. The van der Waals surface area contributed by atoms with Gasteiger partial charge in [-0.25, -0.2) is 4.39 Å². The largest absolute Gasteiger partial charge is 0.466 e. The molecule has 0 saturated carbocycles. The summed E-state index contributed by atoms with van der Waals surface area (Å²) in [6.45, 7) is 2.10. The van der Waals surface area contributed by atoms with Gasteiger partial charge in [-0.1, -0.05) is 11.6 Å². The SMILES string of the molecule is CCOC(=O)Cc1c(-c2ccc(F)cc2)[nH]c2ccc(Cl)cc12. The van der Waals surface area contributed by atoms with Crippen LogP contribution in [-0.4, -0.2) is 17.6 Å². The molecule has 0 radical (unpaired) electrons. The van der Waals surface area contributed by atoms with Crippen molar-refractivity contribution in [3.63, 3.8) is 0 Å². The molecule has 1 N–H and O–H groups in total. The Bertz CT molecular complexity index is 855. The van der Waals surface area contributed by atoms with E-state index in [9.17, 15) is 9.18 Å². The van der Waals surface area contributed by atoms with Gasteiger partial charge in [0.15, 0.2) is 0 Å². The van der Waals surface area contributed by atoms with Gasteiger partial charge in [-0.3, -0.25) is 4.79 Å². The van der Waals surface area contributed by atoms with Crippen LogP contribution in [0.3, 0.4) is 0 Å². The van der Waals surface area contributed by atoms with Crippen molar-refractivity contribution in [1.82, 2.24) is 4.98 Å². The number of ether oxygens (including phenoxy) is 1. The fourth-order valence-corrected chi connectivity index (χ4v) is 2.79. The lowest BCUT2D eigenvalue weighted by molar-refractivity contribution is -0.142. The highest BCUT2D eigenvalue weighted by atomic mass is 35.5. The average molecular weight is 332 g/mol. The summed E-state index contributed by atoms with van der Waals surface area (Å²) >= 11 is 6.08. The zero-order valence-electron chi connectivity index (χ0n) is 12.5. The van der Waals surface area contributed by atoms with Crippen LogP contribution in [0.5, 0.6) is 0 Å². The molecule has 0 atom stereocenters. The van der Waals surface area contributed by atoms with Crippen LogP contribution in [0.4, 0.5) is 4.39 Å². The van der Waals surface area contributed by atoms with Gasteiger partial charge in [0.1, 0.15) is 5.82 Å². The van der Waals surface area contributed by atoms with Gasteiger partial charge >= 0.3 is 5.97 Å². The normalized spacial score (nSPS) is 10.9. The van der Waals surface area contributed by atoms with Crippen molar-refractivity contribution in [3.8, 4) is 11.3 Å². The van der Waals surface area contributed by atoms with Crippen molar-refractivity contribution in [2.45, 2.75) is 13.3 Å². The summed E-state index contributed by atoms with van der Waals surface area (Å²) < 4.78 is 18.2. The lowest BCUT2D eigenvalue weighted by Gasteiger charge is -2.05. The Kier molecular flexibility index (Phi) is 4.35. The maximum atomic E-state index is 13.2. The highest BCUT2D eigenvalue weighted by Crippen LogP contribution is 2.32. The van der Waals surface area contributed by atoms with Crippen LogP contribution in [0.25, 0.3) is 22.2 Å². The third kappa shape index (κ3) is 3.22.